The van der Waals surface area contributed by atoms with Crippen LogP contribution in [0, 0.1) is 0 Å². The molecular weight excluding hydrogens is 161 g/mol. The number of nitrogens with zero attached hydrogens (tertiary/aromatic N) is 1. The van der Waals surface area contributed by atoms with Gasteiger partial charge in [0, 0.05) is 14.1 Å². The van der Waals surface area contributed by atoms with Gasteiger partial charge in [-0.15, -0.1) is 0 Å². The van der Waals surface area contributed by atoms with Crippen LogP contribution in [0.25, 0.3) is 0 Å². The predicted molar refractivity (Wildman–Crippen MR) is 33.8 cm³/mol. The van der Waals surface area contributed by atoms with Crippen LogP contribution in [0.3, 0.4) is 0 Å². The van der Waals surface area contributed by atoms with Crippen LogP contribution in [0.1, 0.15) is 1.43 Å². The van der Waals surface area contributed by atoms with E-state index in [9.17, 15) is 9.59 Å². The Hall–Kier alpha value is -0.260. The van der Waals surface area contributed by atoms with Gasteiger partial charge < -0.3 is 16.2 Å². The van der Waals surface area contributed by atoms with Gasteiger partial charge in [0.15, 0.2) is 6.61 Å². The molecular formula is C5H10NNaO4. The van der Waals surface area contributed by atoms with E-state index >= 15 is 0 Å². The molecule has 1 amide bonds. The van der Waals surface area contributed by atoms with Crippen LogP contribution < -0.4 is 29.6 Å². The first-order valence-electron chi connectivity index (χ1n) is 2.60. The average molecular weight is 171 g/mol. The minimum Gasteiger partial charge on any atom is -1.00 e. The first kappa shape index (κ1) is 13.3. The van der Waals surface area contributed by atoms with E-state index in [0.29, 0.717) is 0 Å². The number of ether oxygens (including phenoxy) is 1. The zero-order valence-corrected chi connectivity index (χ0v) is 8.83. The molecule has 1 N–H and O–H groups in total. The van der Waals surface area contributed by atoms with Crippen LogP contribution in [0.2, 0.25) is 0 Å². The van der Waals surface area contributed by atoms with Crippen molar-refractivity contribution in [3.05, 3.63) is 0 Å². The number of rotatable bonds is 2. The molecule has 0 rings (SSSR count). The second kappa shape index (κ2) is 6.45. The minimum atomic E-state index is -1.16. The molecule has 0 spiro atoms. The maximum absolute atomic E-state index is 10.5. The van der Waals surface area contributed by atoms with E-state index < -0.39 is 18.7 Å². The van der Waals surface area contributed by atoms with Gasteiger partial charge in [-0.2, -0.15) is 0 Å². The molecule has 0 fully saturated rings. The number of carboxylic acid groups (broad SMARTS) is 1. The van der Waals surface area contributed by atoms with Crippen molar-refractivity contribution in [2.45, 2.75) is 0 Å². The largest absolute Gasteiger partial charge is 1.00 e. The van der Waals surface area contributed by atoms with Crippen molar-refractivity contribution in [1.29, 1.82) is 0 Å². The molecule has 5 nitrogen and oxygen atoms in total. The Morgan fingerprint density at radius 1 is 1.55 bits per heavy atom. The number of hydrogen-bond donors (Lipinski definition) is 1. The molecule has 0 aromatic heterocycles. The Morgan fingerprint density at radius 2 is 2.00 bits per heavy atom. The molecule has 6 heteroatoms. The third kappa shape index (κ3) is 7.64. The van der Waals surface area contributed by atoms with E-state index in [1.165, 1.54) is 14.1 Å². The molecule has 0 saturated heterocycles. The molecule has 0 aliphatic carbocycles. The summed E-state index contributed by atoms with van der Waals surface area (Å²) in [7, 11) is 2.95. The van der Waals surface area contributed by atoms with Crippen molar-refractivity contribution in [3.8, 4) is 0 Å². The smallest absolute Gasteiger partial charge is 1.00 e. The Bertz CT molecular complexity index is 152. The van der Waals surface area contributed by atoms with Gasteiger partial charge in [0.25, 0.3) is 0 Å². The number of carboxylic acids is 1. The van der Waals surface area contributed by atoms with Gasteiger partial charge in [0.1, 0.15) is 0 Å². The Labute approximate surface area is 88.1 Å². The molecule has 11 heavy (non-hydrogen) atoms. The normalized spacial score (nSPS) is 7.82. The van der Waals surface area contributed by atoms with Crippen LogP contribution in [-0.2, 0) is 9.53 Å². The molecule has 0 aromatic rings. The maximum Gasteiger partial charge on any atom is 1.00 e. The average Bonchev–Trinajstić information content (AvgIpc) is 1.82. The van der Waals surface area contributed by atoms with Crippen molar-refractivity contribution in [2.75, 3.05) is 20.7 Å². The SMILES string of the molecule is CN(C)C(=O)OCC(=O)O.[H-].[Na+]. The maximum atomic E-state index is 10.5. The molecule has 0 unspecified atom stereocenters. The van der Waals surface area contributed by atoms with Gasteiger partial charge in [-0.25, -0.2) is 9.59 Å². The fourth-order valence-corrected chi connectivity index (χ4v) is 0.253. The summed E-state index contributed by atoms with van der Waals surface area (Å²) in [6.07, 6.45) is -0.651. The van der Waals surface area contributed by atoms with Gasteiger partial charge >= 0.3 is 41.6 Å². The molecule has 0 aromatic carbocycles. The van der Waals surface area contributed by atoms with Crippen molar-refractivity contribution >= 4 is 12.1 Å². The van der Waals surface area contributed by atoms with E-state index in [2.05, 4.69) is 4.74 Å². The van der Waals surface area contributed by atoms with Crippen molar-refractivity contribution in [2.24, 2.45) is 0 Å². The van der Waals surface area contributed by atoms with Crippen LogP contribution >= 0.6 is 0 Å². The monoisotopic (exact) mass is 171 g/mol. The Balaban J connectivity index is -0.000000405. The molecule has 0 bridgehead atoms. The third-order valence-corrected chi connectivity index (χ3v) is 0.684. The second-order valence-electron chi connectivity index (χ2n) is 1.84. The summed E-state index contributed by atoms with van der Waals surface area (Å²) in [5.41, 5.74) is 0. The van der Waals surface area contributed by atoms with Crippen LogP contribution in [-0.4, -0.2) is 42.8 Å². The third-order valence-electron chi connectivity index (χ3n) is 0.684. The van der Waals surface area contributed by atoms with Crippen molar-refractivity contribution in [1.82, 2.24) is 4.90 Å². The van der Waals surface area contributed by atoms with E-state index in [4.69, 9.17) is 5.11 Å². The standard InChI is InChI=1S/C5H9NO4.Na.H/c1-6(2)5(9)10-3-4(7)8;;/h3H2,1-2H3,(H,7,8);;/q;+1;-1. The quantitative estimate of drug-likeness (QED) is 0.446. The van der Waals surface area contributed by atoms with Gasteiger partial charge in [-0.05, 0) is 0 Å². The van der Waals surface area contributed by atoms with Gasteiger partial charge in [-0.1, -0.05) is 0 Å². The van der Waals surface area contributed by atoms with E-state index in [0.717, 1.165) is 4.90 Å². The van der Waals surface area contributed by atoms with Gasteiger partial charge in [0.05, 0.1) is 0 Å². The molecule has 0 saturated carbocycles. The van der Waals surface area contributed by atoms with Gasteiger partial charge in [0.2, 0.25) is 0 Å². The summed E-state index contributed by atoms with van der Waals surface area (Å²) < 4.78 is 4.25. The zero-order valence-electron chi connectivity index (χ0n) is 7.83. The summed E-state index contributed by atoms with van der Waals surface area (Å²) >= 11 is 0. The van der Waals surface area contributed by atoms with E-state index in [-0.39, 0.29) is 31.0 Å². The van der Waals surface area contributed by atoms with Gasteiger partial charge in [-0.3, -0.25) is 0 Å². The molecule has 0 aliphatic heterocycles. The summed E-state index contributed by atoms with van der Waals surface area (Å²) in [6, 6.07) is 0. The first-order valence-corrected chi connectivity index (χ1v) is 2.60. The predicted octanol–water partition coefficient (Wildman–Crippen LogP) is -3.11. The fraction of sp³-hybridized carbons (Fsp3) is 0.600. The van der Waals surface area contributed by atoms with E-state index in [1.807, 2.05) is 0 Å². The Morgan fingerprint density at radius 3 is 2.27 bits per heavy atom. The van der Waals surface area contributed by atoms with E-state index in [1.54, 1.807) is 0 Å². The van der Waals surface area contributed by atoms with Crippen LogP contribution in [0.4, 0.5) is 4.79 Å². The topological polar surface area (TPSA) is 66.8 Å². The number of amides is 1. The minimum absolute atomic E-state index is 0. The fourth-order valence-electron chi connectivity index (χ4n) is 0.253. The van der Waals surface area contributed by atoms with Crippen LogP contribution in [0.15, 0.2) is 0 Å². The number of carbonyl (C=O) groups excluding carboxylic acids is 1. The second-order valence-corrected chi connectivity index (χ2v) is 1.84. The summed E-state index contributed by atoms with van der Waals surface area (Å²) in [5, 5.41) is 8.05. The number of aliphatic carboxylic acids is 1. The molecule has 0 aliphatic rings. The van der Waals surface area contributed by atoms with Crippen molar-refractivity contribution in [3.63, 3.8) is 0 Å². The summed E-state index contributed by atoms with van der Waals surface area (Å²) in [4.78, 5) is 21.5. The number of hydrogen-bond acceptors (Lipinski definition) is 3. The summed E-state index contributed by atoms with van der Waals surface area (Å²) in [5.74, 6) is -1.16. The first-order chi connectivity index (χ1) is 4.54. The summed E-state index contributed by atoms with van der Waals surface area (Å²) in [6.45, 7) is -0.586. The number of carbonyl (C=O) groups is 2. The molecule has 0 heterocycles. The van der Waals surface area contributed by atoms with Crippen LogP contribution in [0.5, 0.6) is 0 Å². The Kier molecular flexibility index (Phi) is 7.82. The molecule has 0 radical (unpaired) electrons. The van der Waals surface area contributed by atoms with Crippen molar-refractivity contribution < 1.29 is 50.4 Å². The molecule has 0 atom stereocenters. The zero-order chi connectivity index (χ0) is 8.15. The molecule has 60 valence electrons.